The van der Waals surface area contributed by atoms with Gasteiger partial charge < -0.3 is 5.32 Å². The van der Waals surface area contributed by atoms with E-state index in [9.17, 15) is 4.79 Å². The lowest BCUT2D eigenvalue weighted by Gasteiger charge is -2.19. The van der Waals surface area contributed by atoms with Gasteiger partial charge in [0.05, 0.1) is 22.3 Å². The maximum Gasteiger partial charge on any atom is 0.262 e. The van der Waals surface area contributed by atoms with Crippen molar-refractivity contribution in [1.82, 2.24) is 15.1 Å². The third kappa shape index (κ3) is 3.76. The van der Waals surface area contributed by atoms with Gasteiger partial charge in [-0.2, -0.15) is 5.10 Å². The van der Waals surface area contributed by atoms with E-state index in [0.29, 0.717) is 4.88 Å². The van der Waals surface area contributed by atoms with Gasteiger partial charge in [-0.05, 0) is 36.2 Å². The SMILES string of the molecule is Cc1nn(-c2ccccc2)c2sc(C(=O)NC(c3ccccc3)c3ccccc3)cc12. The number of para-hydroxylation sites is 1. The number of hydrogen-bond donors (Lipinski definition) is 1. The average molecular weight is 424 g/mol. The molecular formula is C26H21N3OS. The van der Waals surface area contributed by atoms with Crippen LogP contribution in [0.1, 0.15) is 32.5 Å². The molecule has 2 heterocycles. The van der Waals surface area contributed by atoms with Crippen molar-refractivity contribution in [2.45, 2.75) is 13.0 Å². The number of hydrogen-bond acceptors (Lipinski definition) is 3. The number of benzene rings is 3. The van der Waals surface area contributed by atoms with Crippen molar-refractivity contribution in [2.24, 2.45) is 0 Å². The Morgan fingerprint density at radius 3 is 2.00 bits per heavy atom. The minimum atomic E-state index is -0.216. The maximum atomic E-state index is 13.3. The second kappa shape index (κ2) is 8.20. The van der Waals surface area contributed by atoms with Gasteiger partial charge in [-0.15, -0.1) is 11.3 Å². The molecule has 4 nitrogen and oxygen atoms in total. The van der Waals surface area contributed by atoms with Gasteiger partial charge in [-0.3, -0.25) is 4.79 Å². The molecule has 0 aliphatic rings. The Morgan fingerprint density at radius 2 is 1.42 bits per heavy atom. The van der Waals surface area contributed by atoms with Crippen molar-refractivity contribution in [1.29, 1.82) is 0 Å². The smallest absolute Gasteiger partial charge is 0.262 e. The summed E-state index contributed by atoms with van der Waals surface area (Å²) in [6.45, 7) is 1.98. The van der Waals surface area contributed by atoms with Gasteiger partial charge in [0.2, 0.25) is 0 Å². The number of amides is 1. The molecule has 0 fully saturated rings. The van der Waals surface area contributed by atoms with Crippen molar-refractivity contribution in [2.75, 3.05) is 0 Å². The van der Waals surface area contributed by atoms with Gasteiger partial charge in [0.1, 0.15) is 4.83 Å². The molecule has 152 valence electrons. The van der Waals surface area contributed by atoms with Crippen LogP contribution in [0.25, 0.3) is 15.9 Å². The zero-order valence-electron chi connectivity index (χ0n) is 17.0. The van der Waals surface area contributed by atoms with E-state index in [1.807, 2.05) is 109 Å². The fraction of sp³-hybridized carbons (Fsp3) is 0.0769. The lowest BCUT2D eigenvalue weighted by molar-refractivity contribution is 0.0947. The molecule has 0 saturated heterocycles. The molecule has 0 aliphatic carbocycles. The Balaban J connectivity index is 1.51. The van der Waals surface area contributed by atoms with Crippen LogP contribution in [0.2, 0.25) is 0 Å². The van der Waals surface area contributed by atoms with E-state index in [2.05, 4.69) is 10.4 Å². The zero-order chi connectivity index (χ0) is 21.2. The van der Waals surface area contributed by atoms with Gasteiger partial charge in [0.15, 0.2) is 0 Å². The Kier molecular flexibility index (Phi) is 5.10. The predicted octanol–water partition coefficient (Wildman–Crippen LogP) is 5.91. The van der Waals surface area contributed by atoms with Crippen molar-refractivity contribution < 1.29 is 4.79 Å². The van der Waals surface area contributed by atoms with Crippen molar-refractivity contribution >= 4 is 27.5 Å². The molecule has 0 unspecified atom stereocenters. The molecule has 5 rings (SSSR count). The third-order valence-electron chi connectivity index (χ3n) is 5.31. The number of carbonyl (C=O) groups is 1. The Morgan fingerprint density at radius 1 is 0.871 bits per heavy atom. The summed E-state index contributed by atoms with van der Waals surface area (Å²) in [5.74, 6) is -0.0853. The van der Waals surface area contributed by atoms with Gasteiger partial charge in [0.25, 0.3) is 5.91 Å². The summed E-state index contributed by atoms with van der Waals surface area (Å²) < 4.78 is 1.91. The number of nitrogens with one attached hydrogen (secondary N) is 1. The van der Waals surface area contributed by atoms with E-state index in [-0.39, 0.29) is 11.9 Å². The summed E-state index contributed by atoms with van der Waals surface area (Å²) >= 11 is 1.47. The monoisotopic (exact) mass is 423 g/mol. The second-order valence-electron chi connectivity index (χ2n) is 7.39. The molecule has 2 aromatic heterocycles. The van der Waals surface area contributed by atoms with Gasteiger partial charge in [0, 0.05) is 5.39 Å². The van der Waals surface area contributed by atoms with Crippen molar-refractivity contribution in [3.63, 3.8) is 0 Å². The molecular weight excluding hydrogens is 402 g/mol. The van der Waals surface area contributed by atoms with E-state index in [1.165, 1.54) is 11.3 Å². The highest BCUT2D eigenvalue weighted by atomic mass is 32.1. The largest absolute Gasteiger partial charge is 0.340 e. The zero-order valence-corrected chi connectivity index (χ0v) is 17.8. The summed E-state index contributed by atoms with van der Waals surface area (Å²) in [5.41, 5.74) is 4.00. The molecule has 0 radical (unpaired) electrons. The molecule has 3 aromatic carbocycles. The number of rotatable bonds is 5. The van der Waals surface area contributed by atoms with E-state index in [4.69, 9.17) is 0 Å². The second-order valence-corrected chi connectivity index (χ2v) is 8.42. The van der Waals surface area contributed by atoms with Crippen LogP contribution < -0.4 is 5.32 Å². The minimum absolute atomic E-state index is 0.0853. The normalized spacial score (nSPS) is 11.2. The number of fused-ring (bicyclic) bond motifs is 1. The molecule has 0 saturated carbocycles. The topological polar surface area (TPSA) is 46.9 Å². The summed E-state index contributed by atoms with van der Waals surface area (Å²) in [5, 5.41) is 8.92. The van der Waals surface area contributed by atoms with E-state index in [0.717, 1.165) is 32.7 Å². The summed E-state index contributed by atoms with van der Waals surface area (Å²) in [6.07, 6.45) is 0. The van der Waals surface area contributed by atoms with Crippen LogP contribution in [0.5, 0.6) is 0 Å². The predicted molar refractivity (Wildman–Crippen MR) is 126 cm³/mol. The first-order valence-corrected chi connectivity index (χ1v) is 11.0. The van der Waals surface area contributed by atoms with Crippen molar-refractivity contribution in [3.8, 4) is 5.69 Å². The van der Waals surface area contributed by atoms with E-state index in [1.54, 1.807) is 0 Å². The van der Waals surface area contributed by atoms with Crippen molar-refractivity contribution in [3.05, 3.63) is 119 Å². The van der Waals surface area contributed by atoms with E-state index >= 15 is 0 Å². The Hall–Kier alpha value is -3.70. The summed E-state index contributed by atoms with van der Waals surface area (Å²) in [4.78, 5) is 15.0. The highest BCUT2D eigenvalue weighted by molar-refractivity contribution is 7.20. The Labute approximate surface area is 184 Å². The quantitative estimate of drug-likeness (QED) is 0.382. The maximum absolute atomic E-state index is 13.3. The molecule has 0 bridgehead atoms. The van der Waals surface area contributed by atoms with E-state index < -0.39 is 0 Å². The van der Waals surface area contributed by atoms with Gasteiger partial charge in [-0.25, -0.2) is 4.68 Å². The molecule has 0 aliphatic heterocycles. The summed E-state index contributed by atoms with van der Waals surface area (Å²) in [7, 11) is 0. The lowest BCUT2D eigenvalue weighted by atomic mass is 9.98. The van der Waals surface area contributed by atoms with Crippen LogP contribution in [0.3, 0.4) is 0 Å². The number of aromatic nitrogens is 2. The van der Waals surface area contributed by atoms with Crippen LogP contribution in [-0.4, -0.2) is 15.7 Å². The summed E-state index contributed by atoms with van der Waals surface area (Å²) in [6, 6.07) is 31.9. The first-order chi connectivity index (χ1) is 15.2. The highest BCUT2D eigenvalue weighted by Gasteiger charge is 2.21. The molecule has 5 heteroatoms. The first-order valence-electron chi connectivity index (χ1n) is 10.2. The molecule has 1 amide bonds. The lowest BCUT2D eigenvalue weighted by Crippen LogP contribution is -2.28. The molecule has 1 N–H and O–H groups in total. The van der Waals surface area contributed by atoms with Gasteiger partial charge >= 0.3 is 0 Å². The molecule has 31 heavy (non-hydrogen) atoms. The third-order valence-corrected chi connectivity index (χ3v) is 6.42. The fourth-order valence-corrected chi connectivity index (χ4v) is 4.84. The van der Waals surface area contributed by atoms with Crippen LogP contribution in [-0.2, 0) is 0 Å². The van der Waals surface area contributed by atoms with Crippen LogP contribution in [0.15, 0.2) is 97.1 Å². The number of thiophene rings is 1. The average Bonchev–Trinajstić information content (AvgIpc) is 3.40. The fourth-order valence-electron chi connectivity index (χ4n) is 3.76. The Bertz CT molecular complexity index is 1290. The number of carbonyl (C=O) groups excluding carboxylic acids is 1. The standard InChI is InChI=1S/C26H21N3OS/c1-18-22-17-23(31-26(22)29(28-18)21-15-9-4-10-16-21)25(30)27-24(19-11-5-2-6-12-19)20-13-7-3-8-14-20/h2-17,24H,1H3,(H,27,30). The number of nitrogens with zero attached hydrogens (tertiary/aromatic N) is 2. The molecule has 5 aromatic rings. The highest BCUT2D eigenvalue weighted by Crippen LogP contribution is 2.31. The first kappa shape index (κ1) is 19.3. The number of aryl methyl sites for hydroxylation is 1. The van der Waals surface area contributed by atoms with Crippen LogP contribution in [0, 0.1) is 6.92 Å². The van der Waals surface area contributed by atoms with Crippen LogP contribution >= 0.6 is 11.3 Å². The minimum Gasteiger partial charge on any atom is -0.340 e. The molecule has 0 spiro atoms. The molecule has 0 atom stereocenters. The van der Waals surface area contributed by atoms with Gasteiger partial charge in [-0.1, -0.05) is 78.9 Å². The van der Waals surface area contributed by atoms with Crippen LogP contribution in [0.4, 0.5) is 0 Å².